The first kappa shape index (κ1) is 18.0. The number of benzene rings is 2. The van der Waals surface area contributed by atoms with Crippen molar-refractivity contribution in [3.05, 3.63) is 81.5 Å². The minimum atomic E-state index is -0.517. The van der Waals surface area contributed by atoms with Gasteiger partial charge in [-0.25, -0.2) is 0 Å². The lowest BCUT2D eigenvalue weighted by Gasteiger charge is -2.03. The van der Waals surface area contributed by atoms with E-state index in [9.17, 15) is 10.1 Å². The molecule has 128 valence electrons. The van der Waals surface area contributed by atoms with E-state index in [2.05, 4.69) is 21.2 Å². The minimum absolute atomic E-state index is 0.0587. The number of amides is 1. The van der Waals surface area contributed by atoms with Gasteiger partial charge in [0.25, 0.3) is 5.91 Å². The fourth-order valence-electron chi connectivity index (χ4n) is 2.22. The van der Waals surface area contributed by atoms with Crippen LogP contribution in [0.4, 0.5) is 5.69 Å². The minimum Gasteiger partial charge on any atom is -0.457 e. The zero-order chi connectivity index (χ0) is 18.5. The molecule has 4 nitrogen and oxygen atoms in total. The van der Waals surface area contributed by atoms with Crippen molar-refractivity contribution in [2.24, 2.45) is 0 Å². The summed E-state index contributed by atoms with van der Waals surface area (Å²) >= 11 is 9.20. The van der Waals surface area contributed by atoms with E-state index in [-0.39, 0.29) is 5.57 Å². The molecule has 0 bridgehead atoms. The predicted molar refractivity (Wildman–Crippen MR) is 106 cm³/mol. The molecule has 1 aromatic heterocycles. The molecule has 0 aliphatic rings. The van der Waals surface area contributed by atoms with Gasteiger partial charge in [-0.2, -0.15) is 5.26 Å². The maximum absolute atomic E-state index is 12.3. The average Bonchev–Trinajstić information content (AvgIpc) is 3.11. The third-order valence-corrected chi connectivity index (χ3v) is 4.29. The van der Waals surface area contributed by atoms with Crippen molar-refractivity contribution in [3.63, 3.8) is 0 Å². The number of carbonyl (C=O) groups excluding carboxylic acids is 1. The SMILES string of the molecule is N#C/C(=C\c1ccc(-c2ccc(Br)cc2)o1)C(=O)Nc1ccc(Cl)cc1. The molecule has 0 spiro atoms. The Morgan fingerprint density at radius 1 is 1.08 bits per heavy atom. The summed E-state index contributed by atoms with van der Waals surface area (Å²) in [5.74, 6) is 0.557. The summed E-state index contributed by atoms with van der Waals surface area (Å²) in [5.41, 5.74) is 1.39. The summed E-state index contributed by atoms with van der Waals surface area (Å²) in [6.07, 6.45) is 1.41. The molecule has 0 saturated carbocycles. The van der Waals surface area contributed by atoms with E-state index >= 15 is 0 Å². The lowest BCUT2D eigenvalue weighted by Crippen LogP contribution is -2.13. The molecule has 6 heteroatoms. The van der Waals surface area contributed by atoms with Crippen LogP contribution in [-0.2, 0) is 4.79 Å². The molecule has 2 aromatic carbocycles. The normalized spacial score (nSPS) is 11.0. The lowest BCUT2D eigenvalue weighted by molar-refractivity contribution is -0.112. The molecule has 26 heavy (non-hydrogen) atoms. The van der Waals surface area contributed by atoms with Gasteiger partial charge >= 0.3 is 0 Å². The Balaban J connectivity index is 1.78. The zero-order valence-electron chi connectivity index (χ0n) is 13.4. The molecule has 0 atom stereocenters. The fraction of sp³-hybridized carbons (Fsp3) is 0. The third kappa shape index (κ3) is 4.42. The second-order valence-corrected chi connectivity index (χ2v) is 6.69. The maximum Gasteiger partial charge on any atom is 0.266 e. The molecule has 1 N–H and O–H groups in total. The van der Waals surface area contributed by atoms with Crippen LogP contribution in [-0.4, -0.2) is 5.91 Å². The summed E-state index contributed by atoms with van der Waals surface area (Å²) in [7, 11) is 0. The standard InChI is InChI=1S/C20H12BrClN2O2/c21-15-3-1-13(2-4-15)19-10-9-18(26-19)11-14(12-23)20(25)24-17-7-5-16(22)6-8-17/h1-11H,(H,24,25)/b14-11+. The number of hydrogen-bond acceptors (Lipinski definition) is 3. The number of nitriles is 1. The quantitative estimate of drug-likeness (QED) is 0.416. The Hall–Kier alpha value is -2.81. The van der Waals surface area contributed by atoms with Crippen LogP contribution in [0.15, 0.2) is 75.1 Å². The number of nitrogens with zero attached hydrogens (tertiary/aromatic N) is 1. The smallest absolute Gasteiger partial charge is 0.266 e. The van der Waals surface area contributed by atoms with Crippen LogP contribution in [0.5, 0.6) is 0 Å². The van der Waals surface area contributed by atoms with E-state index in [4.69, 9.17) is 16.0 Å². The zero-order valence-corrected chi connectivity index (χ0v) is 15.7. The van der Waals surface area contributed by atoms with Gasteiger partial charge in [0.1, 0.15) is 23.2 Å². The van der Waals surface area contributed by atoms with Gasteiger partial charge in [-0.1, -0.05) is 39.7 Å². The maximum atomic E-state index is 12.3. The number of rotatable bonds is 4. The second-order valence-electron chi connectivity index (χ2n) is 5.34. The molecule has 3 rings (SSSR count). The van der Waals surface area contributed by atoms with Crippen LogP contribution in [0.2, 0.25) is 5.02 Å². The summed E-state index contributed by atoms with van der Waals surface area (Å²) in [5, 5.41) is 12.5. The topological polar surface area (TPSA) is 66.0 Å². The van der Waals surface area contributed by atoms with E-state index in [1.807, 2.05) is 30.3 Å². The van der Waals surface area contributed by atoms with E-state index in [0.717, 1.165) is 10.0 Å². The van der Waals surface area contributed by atoms with Gasteiger partial charge in [-0.05, 0) is 48.5 Å². The van der Waals surface area contributed by atoms with Crippen LogP contribution < -0.4 is 5.32 Å². The molecule has 0 fully saturated rings. The Kier molecular flexibility index (Phi) is 5.57. The van der Waals surface area contributed by atoms with Crippen LogP contribution in [0, 0.1) is 11.3 Å². The third-order valence-electron chi connectivity index (χ3n) is 3.51. The number of halogens is 2. The van der Waals surface area contributed by atoms with Gasteiger partial charge in [0.2, 0.25) is 0 Å². The second kappa shape index (κ2) is 8.05. The molecule has 0 aliphatic heterocycles. The van der Waals surface area contributed by atoms with E-state index < -0.39 is 5.91 Å². The number of anilines is 1. The molecule has 0 radical (unpaired) electrons. The van der Waals surface area contributed by atoms with Crippen molar-refractivity contribution in [2.45, 2.75) is 0 Å². The number of nitrogens with one attached hydrogen (secondary N) is 1. The van der Waals surface area contributed by atoms with Crippen LogP contribution in [0.25, 0.3) is 17.4 Å². The molecule has 0 unspecified atom stereocenters. The number of carbonyl (C=O) groups is 1. The highest BCUT2D eigenvalue weighted by Crippen LogP contribution is 2.25. The molecule has 1 heterocycles. The highest BCUT2D eigenvalue weighted by molar-refractivity contribution is 9.10. The molecular formula is C20H12BrClN2O2. The summed E-state index contributed by atoms with van der Waals surface area (Å²) in [4.78, 5) is 12.3. The molecular weight excluding hydrogens is 416 g/mol. The average molecular weight is 428 g/mol. The van der Waals surface area contributed by atoms with Crippen molar-refractivity contribution in [1.29, 1.82) is 5.26 Å². The summed E-state index contributed by atoms with van der Waals surface area (Å²) in [6, 6.07) is 19.7. The van der Waals surface area contributed by atoms with E-state index in [0.29, 0.717) is 22.2 Å². The van der Waals surface area contributed by atoms with Crippen molar-refractivity contribution >= 4 is 45.2 Å². The fourth-order valence-corrected chi connectivity index (χ4v) is 2.61. The highest BCUT2D eigenvalue weighted by atomic mass is 79.9. The van der Waals surface area contributed by atoms with Gasteiger partial charge in [0.15, 0.2) is 0 Å². The highest BCUT2D eigenvalue weighted by Gasteiger charge is 2.11. The predicted octanol–water partition coefficient (Wildman–Crippen LogP) is 5.91. The summed E-state index contributed by atoms with van der Waals surface area (Å²) in [6.45, 7) is 0. The Labute approximate surface area is 163 Å². The number of hydrogen-bond donors (Lipinski definition) is 1. The van der Waals surface area contributed by atoms with Crippen molar-refractivity contribution < 1.29 is 9.21 Å². The van der Waals surface area contributed by atoms with Crippen molar-refractivity contribution in [3.8, 4) is 17.4 Å². The van der Waals surface area contributed by atoms with Crippen molar-refractivity contribution in [1.82, 2.24) is 0 Å². The first-order valence-corrected chi connectivity index (χ1v) is 8.77. The first-order chi connectivity index (χ1) is 12.5. The van der Waals surface area contributed by atoms with Gasteiger partial charge in [0, 0.05) is 26.8 Å². The van der Waals surface area contributed by atoms with Gasteiger partial charge in [0.05, 0.1) is 0 Å². The first-order valence-electron chi connectivity index (χ1n) is 7.59. The molecule has 3 aromatic rings. The van der Waals surface area contributed by atoms with E-state index in [1.54, 1.807) is 36.4 Å². The van der Waals surface area contributed by atoms with Crippen molar-refractivity contribution in [2.75, 3.05) is 5.32 Å². The van der Waals surface area contributed by atoms with Gasteiger partial charge in [-0.15, -0.1) is 0 Å². The Morgan fingerprint density at radius 3 is 2.42 bits per heavy atom. The molecule has 0 saturated heterocycles. The van der Waals surface area contributed by atoms with Gasteiger partial charge < -0.3 is 9.73 Å². The summed E-state index contributed by atoms with van der Waals surface area (Å²) < 4.78 is 6.69. The number of furan rings is 1. The monoisotopic (exact) mass is 426 g/mol. The molecule has 0 aliphatic carbocycles. The largest absolute Gasteiger partial charge is 0.457 e. The van der Waals surface area contributed by atoms with Gasteiger partial charge in [-0.3, -0.25) is 4.79 Å². The Morgan fingerprint density at radius 2 is 1.77 bits per heavy atom. The lowest BCUT2D eigenvalue weighted by atomic mass is 10.2. The van der Waals surface area contributed by atoms with Crippen LogP contribution in [0.1, 0.15) is 5.76 Å². The van der Waals surface area contributed by atoms with E-state index in [1.165, 1.54) is 6.08 Å². The van der Waals surface area contributed by atoms with Crippen LogP contribution in [0.3, 0.4) is 0 Å². The van der Waals surface area contributed by atoms with Crippen LogP contribution >= 0.6 is 27.5 Å². The Bertz CT molecular complexity index is 1000. The molecule has 1 amide bonds.